The van der Waals surface area contributed by atoms with Crippen molar-refractivity contribution in [1.82, 2.24) is 15.1 Å². The highest BCUT2D eigenvalue weighted by molar-refractivity contribution is 5.91. The number of nitrogens with zero attached hydrogens (tertiary/aromatic N) is 2. The molecule has 2 fully saturated rings. The molecule has 0 radical (unpaired) electrons. The molecule has 1 aromatic rings. The van der Waals surface area contributed by atoms with E-state index in [-0.39, 0.29) is 23.3 Å². The second-order valence-corrected chi connectivity index (χ2v) is 7.67. The van der Waals surface area contributed by atoms with Gasteiger partial charge in [0.1, 0.15) is 0 Å². The summed E-state index contributed by atoms with van der Waals surface area (Å²) in [6, 6.07) is 3.39. The first-order valence-electron chi connectivity index (χ1n) is 9.41. The third-order valence-electron chi connectivity index (χ3n) is 5.45. The number of furan rings is 1. The van der Waals surface area contributed by atoms with Crippen molar-refractivity contribution < 1.29 is 18.7 Å². The molecule has 0 unspecified atom stereocenters. The van der Waals surface area contributed by atoms with E-state index in [0.717, 1.165) is 26.3 Å². The van der Waals surface area contributed by atoms with E-state index in [0.29, 0.717) is 38.2 Å². The van der Waals surface area contributed by atoms with Crippen molar-refractivity contribution >= 4 is 11.8 Å². The molecule has 0 aliphatic carbocycles. The Morgan fingerprint density at radius 1 is 1.19 bits per heavy atom. The highest BCUT2D eigenvalue weighted by atomic mass is 16.5. The summed E-state index contributed by atoms with van der Waals surface area (Å²) in [4.78, 5) is 29.0. The van der Waals surface area contributed by atoms with Crippen molar-refractivity contribution in [3.05, 3.63) is 24.2 Å². The molecule has 0 saturated carbocycles. The number of amides is 2. The Labute approximate surface area is 154 Å². The van der Waals surface area contributed by atoms with E-state index in [1.807, 2.05) is 0 Å². The van der Waals surface area contributed by atoms with Crippen LogP contribution in [-0.2, 0) is 9.53 Å². The quantitative estimate of drug-likeness (QED) is 0.855. The summed E-state index contributed by atoms with van der Waals surface area (Å²) in [7, 11) is 0. The Kier molecular flexibility index (Phi) is 5.98. The minimum atomic E-state index is -0.0951. The number of likely N-dealkylation sites (tertiary alicyclic amines) is 1. The largest absolute Gasteiger partial charge is 0.459 e. The van der Waals surface area contributed by atoms with Crippen molar-refractivity contribution in [2.24, 2.45) is 5.92 Å². The molecule has 7 nitrogen and oxygen atoms in total. The fraction of sp³-hybridized carbons (Fsp3) is 0.684. The normalized spacial score (nSPS) is 20.2. The van der Waals surface area contributed by atoms with Crippen LogP contribution < -0.4 is 5.32 Å². The standard InChI is InChI=1S/C19H29N3O4/c1-19(2,22-9-12-25-13-10-22)14-20-17(23)15-5-7-21(8-6-15)18(24)16-4-3-11-26-16/h3-4,11,15H,5-10,12-14H2,1-2H3,(H,20,23). The van der Waals surface area contributed by atoms with Gasteiger partial charge >= 0.3 is 0 Å². The van der Waals surface area contributed by atoms with Crippen LogP contribution in [-0.4, -0.2) is 73.1 Å². The molecule has 1 aromatic heterocycles. The number of carbonyl (C=O) groups is 2. The Bertz CT molecular complexity index is 600. The minimum Gasteiger partial charge on any atom is -0.459 e. The van der Waals surface area contributed by atoms with E-state index in [1.54, 1.807) is 17.0 Å². The van der Waals surface area contributed by atoms with Crippen LogP contribution in [0.4, 0.5) is 0 Å². The molecule has 2 amide bonds. The average Bonchev–Trinajstić information content (AvgIpc) is 3.21. The van der Waals surface area contributed by atoms with Crippen LogP contribution in [0, 0.1) is 5.92 Å². The number of ether oxygens (including phenoxy) is 1. The molecular weight excluding hydrogens is 334 g/mol. The maximum atomic E-state index is 12.6. The lowest BCUT2D eigenvalue weighted by atomic mass is 9.95. The van der Waals surface area contributed by atoms with Crippen LogP contribution in [0.5, 0.6) is 0 Å². The molecule has 7 heteroatoms. The highest BCUT2D eigenvalue weighted by Gasteiger charge is 2.32. The minimum absolute atomic E-state index is 0.0314. The molecule has 1 N–H and O–H groups in total. The lowest BCUT2D eigenvalue weighted by Gasteiger charge is -2.41. The molecule has 3 rings (SSSR count). The van der Waals surface area contributed by atoms with Gasteiger partial charge in [0.25, 0.3) is 5.91 Å². The predicted octanol–water partition coefficient (Wildman–Crippen LogP) is 1.36. The number of piperidine rings is 1. The lowest BCUT2D eigenvalue weighted by molar-refractivity contribution is -0.127. The summed E-state index contributed by atoms with van der Waals surface area (Å²) in [5, 5.41) is 3.12. The zero-order chi connectivity index (χ0) is 18.6. The summed E-state index contributed by atoms with van der Waals surface area (Å²) >= 11 is 0. The first-order valence-corrected chi connectivity index (χ1v) is 9.41. The zero-order valence-electron chi connectivity index (χ0n) is 15.7. The number of nitrogens with one attached hydrogen (secondary N) is 1. The van der Waals surface area contributed by atoms with Crippen LogP contribution in [0.1, 0.15) is 37.2 Å². The number of carbonyl (C=O) groups excluding carboxylic acids is 2. The topological polar surface area (TPSA) is 75.0 Å². The molecule has 2 saturated heterocycles. The van der Waals surface area contributed by atoms with Gasteiger partial charge in [-0.25, -0.2) is 0 Å². The SMILES string of the molecule is CC(C)(CNC(=O)C1CCN(C(=O)c2ccco2)CC1)N1CCOCC1. The van der Waals surface area contributed by atoms with Gasteiger partial charge in [0.15, 0.2) is 5.76 Å². The lowest BCUT2D eigenvalue weighted by Crippen LogP contribution is -2.56. The Morgan fingerprint density at radius 3 is 2.50 bits per heavy atom. The van der Waals surface area contributed by atoms with E-state index in [9.17, 15) is 9.59 Å². The molecule has 2 aliphatic rings. The summed E-state index contributed by atoms with van der Waals surface area (Å²) in [6.07, 6.45) is 2.89. The molecule has 0 aromatic carbocycles. The monoisotopic (exact) mass is 363 g/mol. The first kappa shape index (κ1) is 18.9. The molecule has 26 heavy (non-hydrogen) atoms. The van der Waals surface area contributed by atoms with Crippen LogP contribution in [0.25, 0.3) is 0 Å². The third-order valence-corrected chi connectivity index (χ3v) is 5.45. The Morgan fingerprint density at radius 2 is 1.88 bits per heavy atom. The molecule has 0 atom stereocenters. The highest BCUT2D eigenvalue weighted by Crippen LogP contribution is 2.20. The second kappa shape index (κ2) is 8.22. The second-order valence-electron chi connectivity index (χ2n) is 7.67. The predicted molar refractivity (Wildman–Crippen MR) is 96.8 cm³/mol. The molecular formula is C19H29N3O4. The van der Waals surface area contributed by atoms with Gasteiger partial charge in [0, 0.05) is 44.2 Å². The van der Waals surface area contributed by atoms with Gasteiger partial charge in [-0.1, -0.05) is 0 Å². The van der Waals surface area contributed by atoms with Crippen LogP contribution in [0.3, 0.4) is 0 Å². The zero-order valence-corrected chi connectivity index (χ0v) is 15.7. The number of morpholine rings is 1. The van der Waals surface area contributed by atoms with Gasteiger partial charge in [-0.05, 0) is 38.8 Å². The molecule has 0 bridgehead atoms. The Balaban J connectivity index is 1.44. The fourth-order valence-electron chi connectivity index (χ4n) is 3.63. The van der Waals surface area contributed by atoms with Crippen molar-refractivity contribution in [2.45, 2.75) is 32.2 Å². The van der Waals surface area contributed by atoms with Crippen LogP contribution in [0.15, 0.2) is 22.8 Å². The van der Waals surface area contributed by atoms with E-state index in [2.05, 4.69) is 24.1 Å². The molecule has 144 valence electrons. The van der Waals surface area contributed by atoms with Gasteiger partial charge in [-0.15, -0.1) is 0 Å². The van der Waals surface area contributed by atoms with Gasteiger partial charge in [-0.2, -0.15) is 0 Å². The van der Waals surface area contributed by atoms with Crippen molar-refractivity contribution in [3.8, 4) is 0 Å². The summed E-state index contributed by atoms with van der Waals surface area (Å²) in [5.41, 5.74) is -0.0879. The van der Waals surface area contributed by atoms with E-state index in [4.69, 9.17) is 9.15 Å². The maximum Gasteiger partial charge on any atom is 0.289 e. The number of hydrogen-bond acceptors (Lipinski definition) is 5. The Hall–Kier alpha value is -1.86. The summed E-state index contributed by atoms with van der Waals surface area (Å²) < 4.78 is 10.6. The average molecular weight is 363 g/mol. The maximum absolute atomic E-state index is 12.6. The van der Waals surface area contributed by atoms with Gasteiger partial charge in [0.05, 0.1) is 19.5 Å². The smallest absolute Gasteiger partial charge is 0.289 e. The van der Waals surface area contributed by atoms with Gasteiger partial charge < -0.3 is 19.4 Å². The molecule has 0 spiro atoms. The van der Waals surface area contributed by atoms with Gasteiger partial charge in [-0.3, -0.25) is 14.5 Å². The van der Waals surface area contributed by atoms with Crippen molar-refractivity contribution in [2.75, 3.05) is 45.9 Å². The molecule has 2 aliphatic heterocycles. The summed E-state index contributed by atoms with van der Waals surface area (Å²) in [6.45, 7) is 9.41. The first-order chi connectivity index (χ1) is 12.5. The number of rotatable bonds is 5. The fourth-order valence-corrected chi connectivity index (χ4v) is 3.63. The van der Waals surface area contributed by atoms with Crippen LogP contribution >= 0.6 is 0 Å². The van der Waals surface area contributed by atoms with Crippen molar-refractivity contribution in [3.63, 3.8) is 0 Å². The summed E-state index contributed by atoms with van der Waals surface area (Å²) in [5.74, 6) is 0.329. The van der Waals surface area contributed by atoms with E-state index in [1.165, 1.54) is 6.26 Å². The van der Waals surface area contributed by atoms with Gasteiger partial charge in [0.2, 0.25) is 5.91 Å². The van der Waals surface area contributed by atoms with E-state index >= 15 is 0 Å². The third kappa shape index (κ3) is 4.45. The van der Waals surface area contributed by atoms with Crippen LogP contribution in [0.2, 0.25) is 0 Å². The van der Waals surface area contributed by atoms with Crippen molar-refractivity contribution in [1.29, 1.82) is 0 Å². The number of hydrogen-bond donors (Lipinski definition) is 1. The molecule has 3 heterocycles. The van der Waals surface area contributed by atoms with E-state index < -0.39 is 0 Å².